The first-order valence-electron chi connectivity index (χ1n) is 6.69. The molecule has 2 heteroatoms. The first-order chi connectivity index (χ1) is 8.72. The molecule has 0 saturated carbocycles. The average molecular weight is 243 g/mol. The van der Waals surface area contributed by atoms with Gasteiger partial charge >= 0.3 is 0 Å². The van der Waals surface area contributed by atoms with E-state index in [9.17, 15) is 5.11 Å². The molecule has 2 N–H and O–H groups in total. The lowest BCUT2D eigenvalue weighted by atomic mass is 10.1. The van der Waals surface area contributed by atoms with Crippen molar-refractivity contribution in [3.8, 4) is 5.75 Å². The van der Waals surface area contributed by atoms with Crippen LogP contribution in [0.5, 0.6) is 5.75 Å². The smallest absolute Gasteiger partial charge is 0.123 e. The van der Waals surface area contributed by atoms with E-state index in [2.05, 4.69) is 25.2 Å². The summed E-state index contributed by atoms with van der Waals surface area (Å²) in [6.07, 6.45) is 3.64. The van der Waals surface area contributed by atoms with Crippen molar-refractivity contribution in [2.24, 2.45) is 0 Å². The molecule has 1 atom stereocenters. The molecule has 0 fully saturated rings. The normalized spacial score (nSPS) is 12.6. The maximum Gasteiger partial charge on any atom is 0.123 e. The van der Waals surface area contributed by atoms with E-state index in [1.165, 1.54) is 19.3 Å². The highest BCUT2D eigenvalue weighted by atomic mass is 16.3. The first-order valence-corrected chi connectivity index (χ1v) is 6.69. The van der Waals surface area contributed by atoms with Gasteiger partial charge in [-0.25, -0.2) is 0 Å². The number of anilines is 1. The molecular formula is C16H21NO. The number of fused-ring (bicyclic) bond motifs is 1. The van der Waals surface area contributed by atoms with Gasteiger partial charge in [-0.1, -0.05) is 44.0 Å². The lowest BCUT2D eigenvalue weighted by Gasteiger charge is -2.16. The van der Waals surface area contributed by atoms with E-state index in [4.69, 9.17) is 0 Å². The summed E-state index contributed by atoms with van der Waals surface area (Å²) in [5, 5.41) is 15.4. The average Bonchev–Trinajstić information content (AvgIpc) is 2.38. The number of aromatic hydroxyl groups is 1. The summed E-state index contributed by atoms with van der Waals surface area (Å²) < 4.78 is 0. The molecule has 0 spiro atoms. The van der Waals surface area contributed by atoms with E-state index < -0.39 is 0 Å². The van der Waals surface area contributed by atoms with Crippen LogP contribution in [0.15, 0.2) is 36.4 Å². The number of rotatable bonds is 5. The maximum atomic E-state index is 9.84. The number of phenols is 1. The second-order valence-electron chi connectivity index (χ2n) is 4.87. The molecule has 0 heterocycles. The van der Waals surface area contributed by atoms with Crippen molar-refractivity contribution in [2.75, 3.05) is 5.32 Å². The Morgan fingerprint density at radius 3 is 2.61 bits per heavy atom. The van der Waals surface area contributed by atoms with Crippen molar-refractivity contribution >= 4 is 16.5 Å². The Balaban J connectivity index is 2.25. The van der Waals surface area contributed by atoms with E-state index in [-0.39, 0.29) is 0 Å². The fourth-order valence-corrected chi connectivity index (χ4v) is 2.27. The summed E-state index contributed by atoms with van der Waals surface area (Å²) in [4.78, 5) is 0. The predicted molar refractivity (Wildman–Crippen MR) is 78.2 cm³/mol. The van der Waals surface area contributed by atoms with Gasteiger partial charge in [0.15, 0.2) is 0 Å². The largest absolute Gasteiger partial charge is 0.507 e. The first kappa shape index (κ1) is 12.7. The van der Waals surface area contributed by atoms with Crippen molar-refractivity contribution in [1.82, 2.24) is 0 Å². The fraction of sp³-hybridized carbons (Fsp3) is 0.375. The molecular weight excluding hydrogens is 222 g/mol. The summed E-state index contributed by atoms with van der Waals surface area (Å²) in [5.41, 5.74) is 1.10. The highest BCUT2D eigenvalue weighted by Gasteiger charge is 2.06. The van der Waals surface area contributed by atoms with Crippen molar-refractivity contribution in [1.29, 1.82) is 0 Å². The minimum atomic E-state index is 0.345. The van der Waals surface area contributed by atoms with Crippen LogP contribution in [0.25, 0.3) is 10.8 Å². The molecule has 0 aliphatic heterocycles. The van der Waals surface area contributed by atoms with Gasteiger partial charge in [-0.05, 0) is 25.5 Å². The Kier molecular flexibility index (Phi) is 4.08. The molecule has 0 radical (unpaired) electrons. The Morgan fingerprint density at radius 1 is 1.11 bits per heavy atom. The van der Waals surface area contributed by atoms with Crippen LogP contribution in [0.3, 0.4) is 0 Å². The molecule has 0 aliphatic rings. The monoisotopic (exact) mass is 243 g/mol. The molecule has 96 valence electrons. The Bertz CT molecular complexity index is 521. The number of hydrogen-bond acceptors (Lipinski definition) is 2. The van der Waals surface area contributed by atoms with Crippen LogP contribution in [0.4, 0.5) is 5.69 Å². The van der Waals surface area contributed by atoms with Gasteiger partial charge in [-0.3, -0.25) is 0 Å². The van der Waals surface area contributed by atoms with Crippen LogP contribution in [-0.2, 0) is 0 Å². The second kappa shape index (κ2) is 5.76. The van der Waals surface area contributed by atoms with Crippen molar-refractivity contribution < 1.29 is 5.11 Å². The van der Waals surface area contributed by atoms with Gasteiger partial charge < -0.3 is 10.4 Å². The molecule has 0 saturated heterocycles. The standard InChI is InChI=1S/C16H21NO/c1-3-4-7-12(2)17-15-10-5-9-14-13(15)8-6-11-16(14)18/h5-6,8-12,17-18H,3-4,7H2,1-2H3. The Hall–Kier alpha value is -1.70. The summed E-state index contributed by atoms with van der Waals surface area (Å²) in [7, 11) is 0. The van der Waals surface area contributed by atoms with Crippen LogP contribution in [-0.4, -0.2) is 11.1 Å². The molecule has 18 heavy (non-hydrogen) atoms. The molecule has 2 aromatic rings. The molecule has 0 bridgehead atoms. The van der Waals surface area contributed by atoms with E-state index in [0.717, 1.165) is 16.5 Å². The van der Waals surface area contributed by atoms with Gasteiger partial charge in [-0.15, -0.1) is 0 Å². The maximum absolute atomic E-state index is 9.84. The topological polar surface area (TPSA) is 32.3 Å². The molecule has 0 aromatic heterocycles. The Morgan fingerprint density at radius 2 is 1.83 bits per heavy atom. The van der Waals surface area contributed by atoms with Crippen LogP contribution in [0, 0.1) is 0 Å². The quantitative estimate of drug-likeness (QED) is 0.808. The number of phenolic OH excluding ortho intramolecular Hbond substituents is 1. The summed E-state index contributed by atoms with van der Waals surface area (Å²) in [6, 6.07) is 12.1. The zero-order chi connectivity index (χ0) is 13.0. The van der Waals surface area contributed by atoms with E-state index in [1.54, 1.807) is 6.07 Å². The van der Waals surface area contributed by atoms with Gasteiger partial charge in [0.2, 0.25) is 0 Å². The van der Waals surface area contributed by atoms with Gasteiger partial charge in [0, 0.05) is 22.5 Å². The zero-order valence-electron chi connectivity index (χ0n) is 11.1. The summed E-state index contributed by atoms with van der Waals surface area (Å²) in [6.45, 7) is 4.42. The SMILES string of the molecule is CCCCC(C)Nc1cccc2c(O)cccc12. The molecule has 0 amide bonds. The van der Waals surface area contributed by atoms with Gasteiger partial charge in [0.05, 0.1) is 0 Å². The summed E-state index contributed by atoms with van der Waals surface area (Å²) >= 11 is 0. The number of benzene rings is 2. The highest BCUT2D eigenvalue weighted by molar-refractivity contribution is 5.97. The van der Waals surface area contributed by atoms with E-state index in [1.807, 2.05) is 24.3 Å². The zero-order valence-corrected chi connectivity index (χ0v) is 11.1. The van der Waals surface area contributed by atoms with Crippen molar-refractivity contribution in [3.63, 3.8) is 0 Å². The minimum Gasteiger partial charge on any atom is -0.507 e. The van der Waals surface area contributed by atoms with Crippen LogP contribution in [0.1, 0.15) is 33.1 Å². The lowest BCUT2D eigenvalue weighted by molar-refractivity contribution is 0.481. The van der Waals surface area contributed by atoms with Crippen LogP contribution in [0.2, 0.25) is 0 Å². The molecule has 2 nitrogen and oxygen atoms in total. The molecule has 0 aliphatic carbocycles. The number of unbranched alkanes of at least 4 members (excludes halogenated alkanes) is 1. The minimum absolute atomic E-state index is 0.345. The van der Waals surface area contributed by atoms with E-state index >= 15 is 0 Å². The van der Waals surface area contributed by atoms with Gasteiger partial charge in [0.1, 0.15) is 5.75 Å². The van der Waals surface area contributed by atoms with Crippen molar-refractivity contribution in [2.45, 2.75) is 39.2 Å². The lowest BCUT2D eigenvalue weighted by Crippen LogP contribution is -2.14. The third-order valence-corrected chi connectivity index (χ3v) is 3.29. The molecule has 2 rings (SSSR count). The number of nitrogens with one attached hydrogen (secondary N) is 1. The Labute approximate surface area is 109 Å². The third kappa shape index (κ3) is 2.76. The van der Waals surface area contributed by atoms with Crippen LogP contribution >= 0.6 is 0 Å². The summed E-state index contributed by atoms with van der Waals surface area (Å²) in [5.74, 6) is 0.345. The highest BCUT2D eigenvalue weighted by Crippen LogP contribution is 2.30. The second-order valence-corrected chi connectivity index (χ2v) is 4.87. The molecule has 2 aromatic carbocycles. The number of hydrogen-bond donors (Lipinski definition) is 2. The van der Waals surface area contributed by atoms with Crippen LogP contribution < -0.4 is 5.32 Å². The van der Waals surface area contributed by atoms with Gasteiger partial charge in [-0.2, -0.15) is 0 Å². The van der Waals surface area contributed by atoms with Gasteiger partial charge in [0.25, 0.3) is 0 Å². The van der Waals surface area contributed by atoms with Crippen molar-refractivity contribution in [3.05, 3.63) is 36.4 Å². The fourth-order valence-electron chi connectivity index (χ4n) is 2.27. The third-order valence-electron chi connectivity index (χ3n) is 3.29. The molecule has 1 unspecified atom stereocenters. The predicted octanol–water partition coefficient (Wildman–Crippen LogP) is 4.54. The van der Waals surface area contributed by atoms with E-state index in [0.29, 0.717) is 11.8 Å².